The van der Waals surface area contributed by atoms with Crippen molar-refractivity contribution in [3.8, 4) is 11.4 Å². The summed E-state index contributed by atoms with van der Waals surface area (Å²) in [4.78, 5) is 27.8. The summed E-state index contributed by atoms with van der Waals surface area (Å²) in [7, 11) is 0. The molecule has 1 aliphatic rings. The quantitative estimate of drug-likeness (QED) is 0.246. The highest BCUT2D eigenvalue weighted by atomic mass is 16.6. The number of hydrogen-bond donors (Lipinski definition) is 0. The third-order valence-corrected chi connectivity index (χ3v) is 6.39. The maximum atomic E-state index is 10.7. The van der Waals surface area contributed by atoms with E-state index in [9.17, 15) is 4.79 Å². The van der Waals surface area contributed by atoms with Crippen LogP contribution in [0.1, 0.15) is 33.7 Å². The average Bonchev–Trinajstić information content (AvgIpc) is 3.65. The second kappa shape index (κ2) is 9.40. The number of imidazole rings is 2. The highest BCUT2D eigenvalue weighted by Gasteiger charge is 2.24. The summed E-state index contributed by atoms with van der Waals surface area (Å²) in [5.41, 5.74) is 7.92. The van der Waals surface area contributed by atoms with E-state index in [0.717, 1.165) is 58.0 Å². The zero-order valence-corrected chi connectivity index (χ0v) is 20.4. The maximum absolute atomic E-state index is 10.7. The largest absolute Gasteiger partial charge is 0.368 e. The average molecular weight is 489 g/mol. The molecule has 6 aromatic rings. The van der Waals surface area contributed by atoms with Gasteiger partial charge in [0.2, 0.25) is 0 Å². The van der Waals surface area contributed by atoms with Crippen LogP contribution in [-0.2, 0) is 4.74 Å². The highest BCUT2D eigenvalue weighted by molar-refractivity contribution is 5.79. The molecular weight excluding hydrogens is 464 g/mol. The van der Waals surface area contributed by atoms with Gasteiger partial charge >= 0.3 is 0 Å². The Hall–Kier alpha value is -4.69. The zero-order chi connectivity index (χ0) is 25.4. The van der Waals surface area contributed by atoms with E-state index in [1.54, 1.807) is 36.9 Å². The van der Waals surface area contributed by atoms with Gasteiger partial charge in [0.05, 0.1) is 30.0 Å². The number of nitrogens with zero attached hydrogens (tertiary/aromatic N) is 6. The van der Waals surface area contributed by atoms with E-state index in [4.69, 9.17) is 4.74 Å². The molecule has 0 radical (unpaired) electrons. The molecule has 182 valence electrons. The standard InChI is InChI=1S/C15H13N3O.C14H11N3O/c1-10-17-13-8-16-7-6-14(13)18(10)12-4-2-11(3-5-12)15-9-19-15;1-10-16-13-8-15-7-6-14(13)17(10)12-4-2-11(9-18)3-5-12/h2-8,15H,9H2,1H3;2-9H,1H3. The molecule has 8 heteroatoms. The first-order chi connectivity index (χ1) is 18.1. The summed E-state index contributed by atoms with van der Waals surface area (Å²) in [5.74, 6) is 1.87. The van der Waals surface area contributed by atoms with Crippen LogP contribution in [0.4, 0.5) is 0 Å². The first-order valence-corrected chi connectivity index (χ1v) is 12.0. The normalized spacial score (nSPS) is 14.4. The summed E-state index contributed by atoms with van der Waals surface area (Å²) in [6.45, 7) is 4.81. The highest BCUT2D eigenvalue weighted by Crippen LogP contribution is 2.30. The van der Waals surface area contributed by atoms with Crippen molar-refractivity contribution in [1.82, 2.24) is 29.1 Å². The molecule has 1 saturated heterocycles. The van der Waals surface area contributed by atoms with Crippen LogP contribution in [0, 0.1) is 13.8 Å². The van der Waals surface area contributed by atoms with Gasteiger partial charge in [0.15, 0.2) is 0 Å². The van der Waals surface area contributed by atoms with Crippen molar-refractivity contribution in [1.29, 1.82) is 0 Å². The second-order valence-corrected chi connectivity index (χ2v) is 8.84. The van der Waals surface area contributed by atoms with Gasteiger partial charge in [-0.2, -0.15) is 0 Å². The van der Waals surface area contributed by atoms with Crippen molar-refractivity contribution in [3.05, 3.63) is 108 Å². The van der Waals surface area contributed by atoms with Crippen molar-refractivity contribution >= 4 is 28.4 Å². The minimum Gasteiger partial charge on any atom is -0.368 e. The lowest BCUT2D eigenvalue weighted by atomic mass is 10.1. The van der Waals surface area contributed by atoms with E-state index in [1.165, 1.54) is 5.56 Å². The Balaban J connectivity index is 0.000000136. The van der Waals surface area contributed by atoms with E-state index in [1.807, 2.05) is 42.7 Å². The SMILES string of the molecule is Cc1nc2cnccc2n1-c1ccc(C2CO2)cc1.Cc1nc2cnccc2n1-c1ccc(C=O)cc1. The number of epoxide rings is 1. The van der Waals surface area contributed by atoms with Gasteiger partial charge in [0.1, 0.15) is 35.1 Å². The van der Waals surface area contributed by atoms with Crippen LogP contribution < -0.4 is 0 Å². The van der Waals surface area contributed by atoms with Crippen molar-refractivity contribution in [2.24, 2.45) is 0 Å². The molecule has 0 N–H and O–H groups in total. The molecule has 0 amide bonds. The van der Waals surface area contributed by atoms with Gasteiger partial charge in [0, 0.05) is 29.3 Å². The van der Waals surface area contributed by atoms with Crippen LogP contribution in [0.5, 0.6) is 0 Å². The van der Waals surface area contributed by atoms with Crippen LogP contribution in [0.2, 0.25) is 0 Å². The Kier molecular flexibility index (Phi) is 5.78. The van der Waals surface area contributed by atoms with Crippen LogP contribution in [0.3, 0.4) is 0 Å². The Morgan fingerprint density at radius 2 is 1.24 bits per heavy atom. The summed E-state index contributed by atoms with van der Waals surface area (Å²) < 4.78 is 9.49. The topological polar surface area (TPSA) is 91.0 Å². The molecule has 0 bridgehead atoms. The van der Waals surface area contributed by atoms with Gasteiger partial charge in [-0.15, -0.1) is 0 Å². The number of aldehydes is 1. The van der Waals surface area contributed by atoms with Gasteiger partial charge in [-0.3, -0.25) is 23.9 Å². The molecule has 1 atom stereocenters. The fraction of sp³-hybridized carbons (Fsp3) is 0.138. The minimum atomic E-state index is 0.305. The number of carbonyl (C=O) groups is 1. The maximum Gasteiger partial charge on any atom is 0.150 e. The number of aromatic nitrogens is 6. The number of aryl methyl sites for hydroxylation is 2. The second-order valence-electron chi connectivity index (χ2n) is 8.84. The summed E-state index contributed by atoms with van der Waals surface area (Å²) in [6, 6.07) is 19.8. The molecule has 0 spiro atoms. The van der Waals surface area contributed by atoms with Gasteiger partial charge in [-0.25, -0.2) is 9.97 Å². The first kappa shape index (κ1) is 22.8. The summed E-state index contributed by atoms with van der Waals surface area (Å²) >= 11 is 0. The van der Waals surface area contributed by atoms with E-state index >= 15 is 0 Å². The van der Waals surface area contributed by atoms with E-state index in [0.29, 0.717) is 11.7 Å². The lowest BCUT2D eigenvalue weighted by Gasteiger charge is -2.07. The number of benzene rings is 2. The molecule has 8 nitrogen and oxygen atoms in total. The van der Waals surface area contributed by atoms with Crippen molar-refractivity contribution in [2.45, 2.75) is 20.0 Å². The van der Waals surface area contributed by atoms with Crippen molar-refractivity contribution in [3.63, 3.8) is 0 Å². The van der Waals surface area contributed by atoms with E-state index in [2.05, 4.69) is 48.8 Å². The van der Waals surface area contributed by atoms with E-state index < -0.39 is 0 Å². The molecule has 0 aliphatic carbocycles. The number of ether oxygens (including phenoxy) is 1. The van der Waals surface area contributed by atoms with E-state index in [-0.39, 0.29) is 0 Å². The fourth-order valence-corrected chi connectivity index (χ4v) is 4.54. The Bertz CT molecular complexity index is 1710. The lowest BCUT2D eigenvalue weighted by molar-refractivity contribution is 0.112. The molecule has 5 heterocycles. The first-order valence-electron chi connectivity index (χ1n) is 12.0. The predicted molar refractivity (Wildman–Crippen MR) is 141 cm³/mol. The lowest BCUT2D eigenvalue weighted by Crippen LogP contribution is -1.97. The van der Waals surface area contributed by atoms with Gasteiger partial charge in [-0.05, 0) is 67.9 Å². The third-order valence-electron chi connectivity index (χ3n) is 6.39. The Labute approximate surface area is 213 Å². The van der Waals surface area contributed by atoms with Crippen LogP contribution in [0.15, 0.2) is 85.5 Å². The predicted octanol–water partition coefficient (Wildman–Crippen LogP) is 5.34. The molecule has 37 heavy (non-hydrogen) atoms. The van der Waals surface area contributed by atoms with Crippen LogP contribution >= 0.6 is 0 Å². The minimum absolute atomic E-state index is 0.305. The number of carbonyl (C=O) groups excluding carboxylic acids is 1. The smallest absolute Gasteiger partial charge is 0.150 e. The van der Waals surface area contributed by atoms with Gasteiger partial charge in [0.25, 0.3) is 0 Å². The molecular formula is C29H24N6O2. The summed E-state index contributed by atoms with van der Waals surface area (Å²) in [6.07, 6.45) is 8.24. The fourth-order valence-electron chi connectivity index (χ4n) is 4.54. The monoisotopic (exact) mass is 488 g/mol. The molecule has 1 aliphatic heterocycles. The molecule has 4 aromatic heterocycles. The molecule has 0 saturated carbocycles. The number of rotatable bonds is 4. The summed E-state index contributed by atoms with van der Waals surface area (Å²) in [5, 5.41) is 0. The Morgan fingerprint density at radius 3 is 1.70 bits per heavy atom. The van der Waals surface area contributed by atoms with Crippen LogP contribution in [-0.4, -0.2) is 42.0 Å². The molecule has 7 rings (SSSR count). The zero-order valence-electron chi connectivity index (χ0n) is 20.4. The molecule has 1 unspecified atom stereocenters. The number of hydrogen-bond acceptors (Lipinski definition) is 6. The van der Waals surface area contributed by atoms with Gasteiger partial charge < -0.3 is 4.74 Å². The Morgan fingerprint density at radius 1 is 0.757 bits per heavy atom. The molecule has 2 aromatic carbocycles. The van der Waals surface area contributed by atoms with Crippen molar-refractivity contribution in [2.75, 3.05) is 6.61 Å². The third kappa shape index (κ3) is 4.39. The van der Waals surface area contributed by atoms with Crippen molar-refractivity contribution < 1.29 is 9.53 Å². The van der Waals surface area contributed by atoms with Crippen LogP contribution in [0.25, 0.3) is 33.4 Å². The molecule has 1 fully saturated rings. The number of pyridine rings is 2. The number of fused-ring (bicyclic) bond motifs is 2. The van der Waals surface area contributed by atoms with Gasteiger partial charge in [-0.1, -0.05) is 12.1 Å².